The molecule has 2 N–H and O–H groups in total. The molecule has 0 radical (unpaired) electrons. The number of nitrogens with one attached hydrogen (secondary N) is 2. The molecule has 130 valence electrons. The van der Waals surface area contributed by atoms with Crippen LogP contribution in [0.5, 0.6) is 5.75 Å². The van der Waals surface area contributed by atoms with Crippen molar-refractivity contribution in [3.8, 4) is 17.1 Å². The van der Waals surface area contributed by atoms with Crippen molar-refractivity contribution in [3.05, 3.63) is 59.2 Å². The summed E-state index contributed by atoms with van der Waals surface area (Å²) in [4.78, 5) is 9.39. The molecule has 2 aromatic heterocycles. The summed E-state index contributed by atoms with van der Waals surface area (Å²) < 4.78 is 5.34. The molecule has 4 aromatic rings. The molecule has 0 saturated heterocycles. The number of aromatic amines is 1. The molecule has 2 aromatic carbocycles. The smallest absolute Gasteiger partial charge is 0.162 e. The molecule has 0 aliphatic heterocycles. The van der Waals surface area contributed by atoms with Crippen molar-refractivity contribution < 1.29 is 4.74 Å². The number of rotatable bonds is 4. The van der Waals surface area contributed by atoms with E-state index >= 15 is 0 Å². The van der Waals surface area contributed by atoms with E-state index in [1.165, 1.54) is 0 Å². The number of aryl methyl sites for hydroxylation is 1. The van der Waals surface area contributed by atoms with E-state index in [1.54, 1.807) is 7.11 Å². The van der Waals surface area contributed by atoms with Crippen molar-refractivity contribution in [3.63, 3.8) is 0 Å². The monoisotopic (exact) mass is 365 g/mol. The highest BCUT2D eigenvalue weighted by molar-refractivity contribution is 6.30. The maximum atomic E-state index is 5.99. The topological polar surface area (TPSA) is 75.7 Å². The van der Waals surface area contributed by atoms with Gasteiger partial charge in [0, 0.05) is 27.7 Å². The highest BCUT2D eigenvalue weighted by atomic mass is 35.5. The predicted molar refractivity (Wildman–Crippen MR) is 103 cm³/mol. The summed E-state index contributed by atoms with van der Waals surface area (Å²) in [5, 5.41) is 11.9. The first-order chi connectivity index (χ1) is 12.6. The van der Waals surface area contributed by atoms with E-state index in [0.29, 0.717) is 22.5 Å². The van der Waals surface area contributed by atoms with Gasteiger partial charge in [-0.1, -0.05) is 11.6 Å². The van der Waals surface area contributed by atoms with E-state index in [9.17, 15) is 0 Å². The number of fused-ring (bicyclic) bond motifs is 1. The van der Waals surface area contributed by atoms with Crippen LogP contribution in [0.15, 0.2) is 48.5 Å². The summed E-state index contributed by atoms with van der Waals surface area (Å²) in [6.07, 6.45) is 0. The molecule has 4 rings (SSSR count). The van der Waals surface area contributed by atoms with Gasteiger partial charge >= 0.3 is 0 Å². The minimum Gasteiger partial charge on any atom is -0.497 e. The molecule has 0 spiro atoms. The van der Waals surface area contributed by atoms with E-state index in [4.69, 9.17) is 21.3 Å². The summed E-state index contributed by atoms with van der Waals surface area (Å²) in [6, 6.07) is 15.1. The molecule has 0 amide bonds. The maximum Gasteiger partial charge on any atom is 0.162 e. The molecule has 0 fully saturated rings. The van der Waals surface area contributed by atoms with E-state index < -0.39 is 0 Å². The molecule has 6 nitrogen and oxygen atoms in total. The summed E-state index contributed by atoms with van der Waals surface area (Å²) in [5.74, 6) is 2.69. The van der Waals surface area contributed by atoms with Gasteiger partial charge in [-0.15, -0.1) is 0 Å². The quantitative estimate of drug-likeness (QED) is 0.546. The van der Waals surface area contributed by atoms with Gasteiger partial charge in [0.05, 0.1) is 12.6 Å². The molecule has 0 aliphatic carbocycles. The van der Waals surface area contributed by atoms with Crippen LogP contribution in [0.2, 0.25) is 5.02 Å². The zero-order valence-electron chi connectivity index (χ0n) is 14.2. The van der Waals surface area contributed by atoms with Gasteiger partial charge in [-0.3, -0.25) is 5.10 Å². The third-order valence-corrected chi connectivity index (χ3v) is 4.21. The van der Waals surface area contributed by atoms with E-state index in [0.717, 1.165) is 27.9 Å². The Morgan fingerprint density at radius 1 is 1.04 bits per heavy atom. The number of benzene rings is 2. The fraction of sp³-hybridized carbons (Fsp3) is 0.105. The van der Waals surface area contributed by atoms with Crippen molar-refractivity contribution in [2.24, 2.45) is 0 Å². The third kappa shape index (κ3) is 3.19. The molecule has 0 aliphatic rings. The van der Waals surface area contributed by atoms with Crippen molar-refractivity contribution in [1.82, 2.24) is 20.2 Å². The number of ether oxygens (including phenoxy) is 1. The van der Waals surface area contributed by atoms with Gasteiger partial charge < -0.3 is 10.1 Å². The Morgan fingerprint density at radius 3 is 2.54 bits per heavy atom. The summed E-state index contributed by atoms with van der Waals surface area (Å²) in [7, 11) is 1.63. The van der Waals surface area contributed by atoms with Crippen LogP contribution >= 0.6 is 11.6 Å². The Hall–Kier alpha value is -3.12. The zero-order valence-corrected chi connectivity index (χ0v) is 15.0. The normalized spacial score (nSPS) is 10.9. The van der Waals surface area contributed by atoms with Gasteiger partial charge in [-0.05, 0) is 49.4 Å². The Morgan fingerprint density at radius 2 is 1.85 bits per heavy atom. The highest BCUT2D eigenvalue weighted by Gasteiger charge is 2.12. The van der Waals surface area contributed by atoms with Crippen molar-refractivity contribution in [1.29, 1.82) is 0 Å². The Labute approximate surface area is 155 Å². The van der Waals surface area contributed by atoms with Crippen LogP contribution < -0.4 is 10.1 Å². The van der Waals surface area contributed by atoms with Crippen LogP contribution in [0, 0.1) is 6.92 Å². The maximum absolute atomic E-state index is 5.99. The number of hydrogen-bond acceptors (Lipinski definition) is 5. The van der Waals surface area contributed by atoms with Gasteiger partial charge in [0.25, 0.3) is 0 Å². The molecular weight excluding hydrogens is 350 g/mol. The fourth-order valence-electron chi connectivity index (χ4n) is 2.66. The number of halogens is 1. The minimum absolute atomic E-state index is 0.606. The summed E-state index contributed by atoms with van der Waals surface area (Å²) in [5.41, 5.74) is 2.65. The molecule has 2 heterocycles. The van der Waals surface area contributed by atoms with Crippen LogP contribution in [0.1, 0.15) is 5.69 Å². The molecule has 0 unspecified atom stereocenters. The third-order valence-electron chi connectivity index (χ3n) is 3.96. The number of nitrogens with zero attached hydrogens (tertiary/aromatic N) is 3. The average molecular weight is 366 g/mol. The van der Waals surface area contributed by atoms with Gasteiger partial charge in [0.1, 0.15) is 11.6 Å². The van der Waals surface area contributed by atoms with Crippen LogP contribution in [0.3, 0.4) is 0 Å². The van der Waals surface area contributed by atoms with Crippen LogP contribution in [0.4, 0.5) is 11.6 Å². The lowest BCUT2D eigenvalue weighted by atomic mass is 10.1. The number of aromatic nitrogens is 4. The lowest BCUT2D eigenvalue weighted by Gasteiger charge is -2.11. The first kappa shape index (κ1) is 16.4. The summed E-state index contributed by atoms with van der Waals surface area (Å²) >= 11 is 5.99. The number of hydrogen-bond donors (Lipinski definition) is 2. The Bertz CT molecular complexity index is 1080. The molecule has 26 heavy (non-hydrogen) atoms. The van der Waals surface area contributed by atoms with Crippen LogP contribution in [-0.2, 0) is 0 Å². The molecule has 0 atom stereocenters. The lowest BCUT2D eigenvalue weighted by Crippen LogP contribution is -2.00. The second-order valence-electron chi connectivity index (χ2n) is 5.85. The number of anilines is 2. The van der Waals surface area contributed by atoms with Crippen LogP contribution in [-0.4, -0.2) is 27.3 Å². The average Bonchev–Trinajstić information content (AvgIpc) is 3.06. The zero-order chi connectivity index (χ0) is 18.1. The second kappa shape index (κ2) is 6.65. The number of H-pyrrole nitrogens is 1. The SMILES string of the molecule is COc1ccc2nc(-c3ccc(Cl)cc3)nc(Nc3cc(C)[nH]n3)c2c1. The molecule has 0 saturated carbocycles. The fourth-order valence-corrected chi connectivity index (χ4v) is 2.79. The minimum atomic E-state index is 0.606. The van der Waals surface area contributed by atoms with Gasteiger partial charge in [-0.25, -0.2) is 9.97 Å². The molecule has 0 bridgehead atoms. The van der Waals surface area contributed by atoms with Crippen molar-refractivity contribution in [2.75, 3.05) is 12.4 Å². The van der Waals surface area contributed by atoms with E-state index in [2.05, 4.69) is 20.5 Å². The van der Waals surface area contributed by atoms with Crippen molar-refractivity contribution in [2.45, 2.75) is 6.92 Å². The largest absolute Gasteiger partial charge is 0.497 e. The van der Waals surface area contributed by atoms with Gasteiger partial charge in [-0.2, -0.15) is 5.10 Å². The van der Waals surface area contributed by atoms with E-state index in [1.807, 2.05) is 55.5 Å². The van der Waals surface area contributed by atoms with Gasteiger partial charge in [0.2, 0.25) is 0 Å². The highest BCUT2D eigenvalue weighted by Crippen LogP contribution is 2.30. The van der Waals surface area contributed by atoms with Crippen LogP contribution in [0.25, 0.3) is 22.3 Å². The predicted octanol–water partition coefficient (Wildman–Crippen LogP) is 4.73. The second-order valence-corrected chi connectivity index (χ2v) is 6.28. The Balaban J connectivity index is 1.88. The molecule has 7 heteroatoms. The Kier molecular flexibility index (Phi) is 4.18. The molecular formula is C19H16ClN5O. The first-order valence-corrected chi connectivity index (χ1v) is 8.41. The van der Waals surface area contributed by atoms with Crippen molar-refractivity contribution >= 4 is 34.1 Å². The van der Waals surface area contributed by atoms with Gasteiger partial charge in [0.15, 0.2) is 11.6 Å². The first-order valence-electron chi connectivity index (χ1n) is 8.03. The van der Waals surface area contributed by atoms with E-state index in [-0.39, 0.29) is 0 Å². The summed E-state index contributed by atoms with van der Waals surface area (Å²) in [6.45, 7) is 1.94. The standard InChI is InChI=1S/C19H16ClN5O/c1-11-9-17(25-24-11)22-19-15-10-14(26-2)7-8-16(15)21-18(23-19)12-3-5-13(20)6-4-12/h3-10H,1-2H3,(H2,21,22,23,24,25). The number of methoxy groups -OCH3 is 1. The lowest BCUT2D eigenvalue weighted by molar-refractivity contribution is 0.415.